The van der Waals surface area contributed by atoms with Crippen molar-refractivity contribution in [3.05, 3.63) is 36.5 Å². The molecule has 0 saturated carbocycles. The van der Waals surface area contributed by atoms with Gasteiger partial charge >= 0.3 is 0 Å². The Balaban J connectivity index is 1.67. The number of anilines is 1. The Kier molecular flexibility index (Phi) is 5.20. The minimum atomic E-state index is -0.231. The number of carbonyl (C=O) groups excluding carboxylic acids is 1. The summed E-state index contributed by atoms with van der Waals surface area (Å²) in [5.74, 6) is 0.704. The molecule has 2 atom stereocenters. The zero-order valence-electron chi connectivity index (χ0n) is 13.9. The second kappa shape index (κ2) is 7.36. The molecule has 0 radical (unpaired) electrons. The predicted octanol–water partition coefficient (Wildman–Crippen LogP) is 4.58. The van der Waals surface area contributed by atoms with E-state index in [2.05, 4.69) is 29.2 Å². The molecule has 1 N–H and O–H groups in total. The van der Waals surface area contributed by atoms with Crippen molar-refractivity contribution >= 4 is 45.0 Å². The largest absolute Gasteiger partial charge is 0.310 e. The summed E-state index contributed by atoms with van der Waals surface area (Å²) in [6.07, 6.45) is 2.67. The zero-order valence-corrected chi connectivity index (χ0v) is 15.5. The lowest BCUT2D eigenvalue weighted by Gasteiger charge is -2.15. The van der Waals surface area contributed by atoms with Crippen LogP contribution in [0.25, 0.3) is 10.2 Å². The first-order chi connectivity index (χ1) is 11.6. The van der Waals surface area contributed by atoms with Crippen molar-refractivity contribution in [1.29, 1.82) is 0 Å². The topological polar surface area (TPSA) is 59.8 Å². The molecule has 0 saturated heterocycles. The fourth-order valence-corrected chi connectivity index (χ4v) is 4.48. The molecule has 7 heteroatoms. The van der Waals surface area contributed by atoms with E-state index >= 15 is 0 Å². The third-order valence-corrected chi connectivity index (χ3v) is 6.08. The van der Waals surface area contributed by atoms with Crippen molar-refractivity contribution in [2.45, 2.75) is 42.8 Å². The van der Waals surface area contributed by atoms with Crippen LogP contribution < -0.4 is 5.32 Å². The zero-order chi connectivity index (χ0) is 17.1. The van der Waals surface area contributed by atoms with E-state index in [4.69, 9.17) is 0 Å². The number of amides is 1. The van der Waals surface area contributed by atoms with Crippen molar-refractivity contribution in [2.75, 3.05) is 5.32 Å². The Hall–Kier alpha value is -1.86. The smallest absolute Gasteiger partial charge is 0.238 e. The number of rotatable bonds is 6. The van der Waals surface area contributed by atoms with Crippen LogP contribution in [0.15, 0.2) is 40.9 Å². The lowest BCUT2D eigenvalue weighted by molar-refractivity contribution is -0.115. The van der Waals surface area contributed by atoms with Gasteiger partial charge in [0.15, 0.2) is 4.34 Å². The summed E-state index contributed by atoms with van der Waals surface area (Å²) in [6.45, 7) is 6.08. The Bertz CT molecular complexity index is 809. The van der Waals surface area contributed by atoms with Gasteiger partial charge < -0.3 is 5.32 Å². The van der Waals surface area contributed by atoms with Crippen LogP contribution in [0.3, 0.4) is 0 Å². The molecule has 126 valence electrons. The summed E-state index contributed by atoms with van der Waals surface area (Å²) >= 11 is 3.10. The molecule has 0 aliphatic carbocycles. The minimum absolute atomic E-state index is 0.0377. The minimum Gasteiger partial charge on any atom is -0.310 e. The predicted molar refractivity (Wildman–Crippen MR) is 101 cm³/mol. The fraction of sp³-hybridized carbons (Fsp3) is 0.353. The molecule has 24 heavy (non-hydrogen) atoms. The number of nitrogens with one attached hydrogen (secondary N) is 1. The first kappa shape index (κ1) is 17.0. The summed E-state index contributed by atoms with van der Waals surface area (Å²) < 4.78 is 3.91. The molecule has 5 nitrogen and oxygen atoms in total. The molecule has 0 unspecified atom stereocenters. The van der Waals surface area contributed by atoms with Gasteiger partial charge in [-0.15, -0.1) is 11.3 Å². The van der Waals surface area contributed by atoms with Gasteiger partial charge in [-0.2, -0.15) is 5.10 Å². The molecule has 0 aliphatic rings. The number of nitrogens with zero attached hydrogens (tertiary/aromatic N) is 3. The SMILES string of the molecule is CC[C@H](C)n1nccc1NC(=O)[C@@H](C)Sc1nc2ccccc2s1. The summed E-state index contributed by atoms with van der Waals surface area (Å²) in [6, 6.07) is 10.1. The molecular formula is C17H20N4OS2. The van der Waals surface area contributed by atoms with E-state index in [1.165, 1.54) is 11.8 Å². The number of para-hydroxylation sites is 1. The van der Waals surface area contributed by atoms with Gasteiger partial charge in [0.05, 0.1) is 27.7 Å². The molecule has 0 spiro atoms. The summed E-state index contributed by atoms with van der Waals surface area (Å²) in [5.41, 5.74) is 0.979. The summed E-state index contributed by atoms with van der Waals surface area (Å²) in [4.78, 5) is 17.1. The van der Waals surface area contributed by atoms with Crippen molar-refractivity contribution in [3.8, 4) is 0 Å². The van der Waals surface area contributed by atoms with Crippen LogP contribution in [0.2, 0.25) is 0 Å². The van der Waals surface area contributed by atoms with Gasteiger partial charge in [-0.25, -0.2) is 9.67 Å². The van der Waals surface area contributed by atoms with E-state index in [1.54, 1.807) is 17.5 Å². The lowest BCUT2D eigenvalue weighted by atomic mass is 10.3. The third kappa shape index (κ3) is 3.62. The van der Waals surface area contributed by atoms with E-state index in [9.17, 15) is 4.79 Å². The Morgan fingerprint density at radius 2 is 2.12 bits per heavy atom. The van der Waals surface area contributed by atoms with Crippen LogP contribution in [-0.4, -0.2) is 25.9 Å². The van der Waals surface area contributed by atoms with Crippen LogP contribution in [0.4, 0.5) is 5.82 Å². The molecule has 3 aromatic rings. The van der Waals surface area contributed by atoms with E-state index < -0.39 is 0 Å². The highest BCUT2D eigenvalue weighted by atomic mass is 32.2. The summed E-state index contributed by atoms with van der Waals surface area (Å²) in [5, 5.41) is 7.04. The van der Waals surface area contributed by atoms with Crippen molar-refractivity contribution < 1.29 is 4.79 Å². The molecule has 0 aliphatic heterocycles. The van der Waals surface area contributed by atoms with Gasteiger partial charge in [0.1, 0.15) is 5.82 Å². The lowest BCUT2D eigenvalue weighted by Crippen LogP contribution is -2.24. The number of aromatic nitrogens is 3. The Labute approximate surface area is 149 Å². The number of thiazole rings is 1. The van der Waals surface area contributed by atoms with E-state index in [0.29, 0.717) is 0 Å². The van der Waals surface area contributed by atoms with Gasteiger partial charge in [0.2, 0.25) is 5.91 Å². The molecule has 0 bridgehead atoms. The molecule has 1 aromatic carbocycles. The second-order valence-electron chi connectivity index (χ2n) is 5.62. The standard InChI is InChI=1S/C17H20N4OS2/c1-4-11(2)21-15(9-10-18-21)20-16(22)12(3)23-17-19-13-7-5-6-8-14(13)24-17/h5-12H,4H2,1-3H3,(H,20,22)/t11-,12+/m0/s1. The van der Waals surface area contributed by atoms with Crippen molar-refractivity contribution in [3.63, 3.8) is 0 Å². The molecular weight excluding hydrogens is 340 g/mol. The highest BCUT2D eigenvalue weighted by molar-refractivity contribution is 8.02. The number of hydrogen-bond acceptors (Lipinski definition) is 5. The molecule has 2 heterocycles. The second-order valence-corrected chi connectivity index (χ2v) is 8.23. The van der Waals surface area contributed by atoms with Gasteiger partial charge in [-0.1, -0.05) is 30.8 Å². The number of thioether (sulfide) groups is 1. The maximum atomic E-state index is 12.5. The maximum absolute atomic E-state index is 12.5. The van der Waals surface area contributed by atoms with Crippen LogP contribution >= 0.6 is 23.1 Å². The summed E-state index contributed by atoms with van der Waals surface area (Å²) in [7, 11) is 0. The third-order valence-electron chi connectivity index (χ3n) is 3.85. The van der Waals surface area contributed by atoms with Gasteiger partial charge in [0, 0.05) is 6.07 Å². The number of benzene rings is 1. The van der Waals surface area contributed by atoms with Gasteiger partial charge in [-0.05, 0) is 32.4 Å². The molecule has 3 rings (SSSR count). The highest BCUT2D eigenvalue weighted by Crippen LogP contribution is 2.32. The number of hydrogen-bond donors (Lipinski definition) is 1. The highest BCUT2D eigenvalue weighted by Gasteiger charge is 2.19. The molecule has 2 aromatic heterocycles. The van der Waals surface area contributed by atoms with Crippen molar-refractivity contribution in [2.24, 2.45) is 0 Å². The monoisotopic (exact) mass is 360 g/mol. The molecule has 0 fully saturated rings. The van der Waals surface area contributed by atoms with Crippen LogP contribution in [0.1, 0.15) is 33.2 Å². The van der Waals surface area contributed by atoms with Gasteiger partial charge in [0.25, 0.3) is 0 Å². The number of carbonyl (C=O) groups is 1. The normalized spacial score (nSPS) is 13.8. The Morgan fingerprint density at radius 1 is 1.33 bits per heavy atom. The van der Waals surface area contributed by atoms with E-state index in [-0.39, 0.29) is 17.2 Å². The van der Waals surface area contributed by atoms with E-state index in [0.717, 1.165) is 26.8 Å². The van der Waals surface area contributed by atoms with Crippen LogP contribution in [-0.2, 0) is 4.79 Å². The van der Waals surface area contributed by atoms with Crippen molar-refractivity contribution in [1.82, 2.24) is 14.8 Å². The average Bonchev–Trinajstić information content (AvgIpc) is 3.19. The van der Waals surface area contributed by atoms with Crippen LogP contribution in [0, 0.1) is 0 Å². The fourth-order valence-electron chi connectivity index (χ4n) is 2.27. The maximum Gasteiger partial charge on any atom is 0.238 e. The first-order valence-corrected chi connectivity index (χ1v) is 9.64. The average molecular weight is 361 g/mol. The Morgan fingerprint density at radius 3 is 2.88 bits per heavy atom. The van der Waals surface area contributed by atoms with Crippen LogP contribution in [0.5, 0.6) is 0 Å². The number of fused-ring (bicyclic) bond motifs is 1. The molecule has 1 amide bonds. The first-order valence-electron chi connectivity index (χ1n) is 7.95. The van der Waals surface area contributed by atoms with E-state index in [1.807, 2.05) is 41.9 Å². The van der Waals surface area contributed by atoms with Gasteiger partial charge in [-0.3, -0.25) is 4.79 Å². The quantitative estimate of drug-likeness (QED) is 0.654.